The number of anilines is 1. The molecule has 0 atom stereocenters. The highest BCUT2D eigenvalue weighted by molar-refractivity contribution is 7.89. The van der Waals surface area contributed by atoms with Gasteiger partial charge in [-0.2, -0.15) is 4.31 Å². The van der Waals surface area contributed by atoms with Crippen LogP contribution in [0.2, 0.25) is 5.02 Å². The Kier molecular flexibility index (Phi) is 7.50. The van der Waals surface area contributed by atoms with Gasteiger partial charge in [-0.15, -0.1) is 0 Å². The van der Waals surface area contributed by atoms with Gasteiger partial charge in [0.1, 0.15) is 16.5 Å². The Morgan fingerprint density at radius 1 is 1.03 bits per heavy atom. The summed E-state index contributed by atoms with van der Waals surface area (Å²) in [5.74, 6) is -0.806. The Hall–Kier alpha value is -2.94. The summed E-state index contributed by atoms with van der Waals surface area (Å²) in [6.45, 7) is -0.484. The molecule has 1 amide bonds. The first-order chi connectivity index (χ1) is 15.2. The summed E-state index contributed by atoms with van der Waals surface area (Å²) in [6.07, 6.45) is 0. The summed E-state index contributed by atoms with van der Waals surface area (Å²) in [5.41, 5.74) is 1.14. The lowest BCUT2D eigenvalue weighted by Gasteiger charge is -2.26. The van der Waals surface area contributed by atoms with Crippen LogP contribution in [0.1, 0.15) is 5.56 Å². The normalized spacial score (nSPS) is 11.4. The standard InChI is InChI=1S/C23H22ClFN2O4S/c1-26(20-11-9-19(25)10-12-20)23(28)16-27(15-17-6-4-3-5-7-17)32(29,30)22-14-18(24)8-13-21(22)31-2/h3-14H,15-16H2,1-2H3. The van der Waals surface area contributed by atoms with Gasteiger partial charge in [0.2, 0.25) is 15.9 Å². The van der Waals surface area contributed by atoms with E-state index in [1.807, 2.05) is 6.07 Å². The van der Waals surface area contributed by atoms with E-state index in [1.54, 1.807) is 24.3 Å². The smallest absolute Gasteiger partial charge is 0.247 e. The molecule has 0 saturated heterocycles. The highest BCUT2D eigenvalue weighted by Gasteiger charge is 2.31. The molecule has 3 aromatic rings. The molecule has 9 heteroatoms. The number of halogens is 2. The molecule has 0 saturated carbocycles. The molecule has 0 aliphatic carbocycles. The van der Waals surface area contributed by atoms with E-state index >= 15 is 0 Å². The Balaban J connectivity index is 1.97. The first-order valence-electron chi connectivity index (χ1n) is 9.62. The fraction of sp³-hybridized carbons (Fsp3) is 0.174. The minimum Gasteiger partial charge on any atom is -0.495 e. The molecule has 0 spiro atoms. The van der Waals surface area contributed by atoms with Gasteiger partial charge in [-0.05, 0) is 48.0 Å². The zero-order valence-corrected chi connectivity index (χ0v) is 19.1. The van der Waals surface area contributed by atoms with Gasteiger partial charge >= 0.3 is 0 Å². The molecule has 3 rings (SSSR count). The molecule has 6 nitrogen and oxygen atoms in total. The third-order valence-electron chi connectivity index (χ3n) is 4.84. The Morgan fingerprint density at radius 3 is 2.31 bits per heavy atom. The third kappa shape index (κ3) is 5.45. The molecular weight excluding hydrogens is 455 g/mol. The van der Waals surface area contributed by atoms with Crippen LogP contribution in [0.5, 0.6) is 5.75 Å². The zero-order valence-electron chi connectivity index (χ0n) is 17.5. The van der Waals surface area contributed by atoms with Crippen molar-refractivity contribution >= 4 is 33.2 Å². The van der Waals surface area contributed by atoms with Gasteiger partial charge in [0.15, 0.2) is 0 Å². The average molecular weight is 477 g/mol. The van der Waals surface area contributed by atoms with E-state index in [0.29, 0.717) is 11.3 Å². The summed E-state index contributed by atoms with van der Waals surface area (Å²) in [5, 5.41) is 0.221. The van der Waals surface area contributed by atoms with Crippen molar-refractivity contribution in [1.29, 1.82) is 0 Å². The maximum atomic E-state index is 13.6. The number of rotatable bonds is 8. The molecule has 0 heterocycles. The summed E-state index contributed by atoms with van der Waals surface area (Å²) in [4.78, 5) is 14.1. The van der Waals surface area contributed by atoms with E-state index in [1.165, 1.54) is 61.5 Å². The van der Waals surface area contributed by atoms with E-state index in [4.69, 9.17) is 16.3 Å². The van der Waals surface area contributed by atoms with E-state index in [9.17, 15) is 17.6 Å². The molecule has 0 aliphatic heterocycles. The minimum atomic E-state index is -4.17. The van der Waals surface area contributed by atoms with Crippen LogP contribution in [0.25, 0.3) is 0 Å². The van der Waals surface area contributed by atoms with Crippen molar-refractivity contribution in [2.24, 2.45) is 0 Å². The van der Waals surface area contributed by atoms with Crippen molar-refractivity contribution in [3.05, 3.63) is 89.2 Å². The fourth-order valence-electron chi connectivity index (χ4n) is 3.07. The van der Waals surface area contributed by atoms with E-state index in [2.05, 4.69) is 0 Å². The van der Waals surface area contributed by atoms with E-state index in [0.717, 1.165) is 4.31 Å². The molecule has 0 unspecified atom stereocenters. The maximum Gasteiger partial charge on any atom is 0.247 e. The number of ether oxygens (including phenoxy) is 1. The number of methoxy groups -OCH3 is 1. The highest BCUT2D eigenvalue weighted by atomic mass is 35.5. The number of hydrogen-bond acceptors (Lipinski definition) is 4. The summed E-state index contributed by atoms with van der Waals surface area (Å²) in [7, 11) is -1.30. The molecule has 32 heavy (non-hydrogen) atoms. The van der Waals surface area contributed by atoms with Crippen molar-refractivity contribution in [1.82, 2.24) is 4.31 Å². The first kappa shape index (κ1) is 23.7. The van der Waals surface area contributed by atoms with E-state index in [-0.39, 0.29) is 22.2 Å². The van der Waals surface area contributed by atoms with Gasteiger partial charge < -0.3 is 9.64 Å². The second kappa shape index (κ2) is 10.1. The fourth-order valence-corrected chi connectivity index (χ4v) is 4.87. The highest BCUT2D eigenvalue weighted by Crippen LogP contribution is 2.30. The quantitative estimate of drug-likeness (QED) is 0.485. The number of carbonyl (C=O) groups is 1. The van der Waals surface area contributed by atoms with Crippen LogP contribution >= 0.6 is 11.6 Å². The van der Waals surface area contributed by atoms with Gasteiger partial charge in [-0.25, -0.2) is 12.8 Å². The molecule has 0 aromatic heterocycles. The maximum absolute atomic E-state index is 13.6. The van der Waals surface area contributed by atoms with Gasteiger partial charge in [0.25, 0.3) is 0 Å². The number of nitrogens with zero attached hydrogens (tertiary/aromatic N) is 2. The lowest BCUT2D eigenvalue weighted by atomic mass is 10.2. The first-order valence-corrected chi connectivity index (χ1v) is 11.4. The molecule has 0 fully saturated rings. The molecule has 3 aromatic carbocycles. The molecule has 0 aliphatic rings. The largest absolute Gasteiger partial charge is 0.495 e. The Labute approximate surface area is 191 Å². The number of sulfonamides is 1. The number of amides is 1. The molecule has 0 N–H and O–H groups in total. The van der Waals surface area contributed by atoms with Crippen LogP contribution in [0.3, 0.4) is 0 Å². The molecule has 0 radical (unpaired) electrons. The van der Waals surface area contributed by atoms with Crippen LogP contribution in [-0.2, 0) is 21.4 Å². The number of hydrogen-bond donors (Lipinski definition) is 0. The van der Waals surface area contributed by atoms with Gasteiger partial charge in [-0.1, -0.05) is 41.9 Å². The SMILES string of the molecule is COc1ccc(Cl)cc1S(=O)(=O)N(CC(=O)N(C)c1ccc(F)cc1)Cc1ccccc1. The van der Waals surface area contributed by atoms with Crippen LogP contribution in [0.15, 0.2) is 77.7 Å². The predicted octanol–water partition coefficient (Wildman–Crippen LogP) is 4.34. The van der Waals surface area contributed by atoms with Crippen LogP contribution < -0.4 is 9.64 Å². The van der Waals surface area contributed by atoms with Gasteiger partial charge in [0.05, 0.1) is 13.7 Å². The summed E-state index contributed by atoms with van der Waals surface area (Å²) < 4.78 is 46.7. The van der Waals surface area contributed by atoms with Gasteiger partial charge in [0, 0.05) is 24.3 Å². The number of benzene rings is 3. The van der Waals surface area contributed by atoms with Crippen LogP contribution in [0.4, 0.5) is 10.1 Å². The lowest BCUT2D eigenvalue weighted by molar-refractivity contribution is -0.118. The van der Waals surface area contributed by atoms with Gasteiger partial charge in [-0.3, -0.25) is 4.79 Å². The summed E-state index contributed by atoms with van der Waals surface area (Å²) in [6, 6.07) is 18.6. The van der Waals surface area contributed by atoms with Crippen LogP contribution in [0, 0.1) is 5.82 Å². The van der Waals surface area contributed by atoms with Crippen molar-refractivity contribution in [3.63, 3.8) is 0 Å². The second-order valence-electron chi connectivity index (χ2n) is 6.98. The molecule has 168 valence electrons. The monoisotopic (exact) mass is 476 g/mol. The van der Waals surface area contributed by atoms with Crippen molar-refractivity contribution < 1.29 is 22.3 Å². The summed E-state index contributed by atoms with van der Waals surface area (Å²) >= 11 is 6.05. The van der Waals surface area contributed by atoms with Crippen molar-refractivity contribution in [2.75, 3.05) is 25.6 Å². The van der Waals surface area contributed by atoms with Crippen molar-refractivity contribution in [2.45, 2.75) is 11.4 Å². The van der Waals surface area contributed by atoms with E-state index < -0.39 is 28.3 Å². The van der Waals surface area contributed by atoms with Crippen molar-refractivity contribution in [3.8, 4) is 5.75 Å². The lowest BCUT2D eigenvalue weighted by Crippen LogP contribution is -2.41. The Morgan fingerprint density at radius 2 is 1.69 bits per heavy atom. The second-order valence-corrected chi connectivity index (χ2v) is 9.33. The number of carbonyl (C=O) groups excluding carboxylic acids is 1. The molecular formula is C23H22ClFN2O4S. The minimum absolute atomic E-state index is 0.0398. The van der Waals surface area contributed by atoms with Crippen LogP contribution in [-0.4, -0.2) is 39.3 Å². The average Bonchev–Trinajstić information content (AvgIpc) is 2.79. The third-order valence-corrected chi connectivity index (χ3v) is 6.89. The zero-order chi connectivity index (χ0) is 23.3. The number of likely N-dealkylation sites (N-methyl/N-ethyl adjacent to an activating group) is 1. The predicted molar refractivity (Wildman–Crippen MR) is 122 cm³/mol. The Bertz CT molecular complexity index is 1190. The molecule has 0 bridgehead atoms. The topological polar surface area (TPSA) is 66.9 Å².